The molecule has 0 aliphatic carbocycles. The number of esters is 2. The molecular formula is C13H18O6. The fourth-order valence-electron chi connectivity index (χ4n) is 1.09. The molecule has 0 saturated carbocycles. The highest BCUT2D eigenvalue weighted by atomic mass is 16.6. The fraction of sp³-hybridized carbons (Fsp3) is 0.462. The van der Waals surface area contributed by atoms with E-state index in [1.165, 1.54) is 0 Å². The number of carboxylic acids is 1. The van der Waals surface area contributed by atoms with Crippen LogP contribution in [0.15, 0.2) is 24.3 Å². The fourth-order valence-corrected chi connectivity index (χ4v) is 1.09. The Hall–Kier alpha value is -2.11. The van der Waals surface area contributed by atoms with Gasteiger partial charge in [-0.2, -0.15) is 0 Å². The van der Waals surface area contributed by atoms with Gasteiger partial charge in [-0.05, 0) is 19.8 Å². The smallest absolute Gasteiger partial charge is 0.331 e. The van der Waals surface area contributed by atoms with Crippen LogP contribution in [-0.4, -0.2) is 36.2 Å². The Bertz CT molecular complexity index is 356. The maximum atomic E-state index is 11.2. The average molecular weight is 270 g/mol. The number of rotatable bonds is 9. The molecule has 0 aromatic heterocycles. The Morgan fingerprint density at radius 1 is 1.11 bits per heavy atom. The van der Waals surface area contributed by atoms with E-state index in [9.17, 15) is 14.4 Å². The number of carbonyl (C=O) groups excluding carboxylic acids is 2. The van der Waals surface area contributed by atoms with Gasteiger partial charge in [-0.3, -0.25) is 4.79 Å². The number of ether oxygens (including phenoxy) is 2. The number of carboxylic acid groups (broad SMARTS) is 1. The number of allylic oxidation sites excluding steroid dienone is 2. The summed E-state index contributed by atoms with van der Waals surface area (Å²) in [4.78, 5) is 32.2. The molecule has 6 heteroatoms. The lowest BCUT2D eigenvalue weighted by Crippen LogP contribution is -2.12. The van der Waals surface area contributed by atoms with Crippen molar-refractivity contribution in [3.8, 4) is 0 Å². The molecular weight excluding hydrogens is 252 g/mol. The van der Waals surface area contributed by atoms with Crippen molar-refractivity contribution in [1.82, 2.24) is 0 Å². The highest BCUT2D eigenvalue weighted by Crippen LogP contribution is 1.98. The van der Waals surface area contributed by atoms with Crippen LogP contribution in [0, 0.1) is 0 Å². The average Bonchev–Trinajstić information content (AvgIpc) is 2.37. The van der Waals surface area contributed by atoms with E-state index in [-0.39, 0.29) is 19.2 Å². The Morgan fingerprint density at radius 3 is 2.42 bits per heavy atom. The molecule has 1 N–H and O–H groups in total. The molecule has 0 aliphatic rings. The monoisotopic (exact) mass is 270 g/mol. The van der Waals surface area contributed by atoms with Gasteiger partial charge >= 0.3 is 17.9 Å². The molecule has 19 heavy (non-hydrogen) atoms. The van der Waals surface area contributed by atoms with Gasteiger partial charge in [0.15, 0.2) is 0 Å². The predicted molar refractivity (Wildman–Crippen MR) is 67.4 cm³/mol. The van der Waals surface area contributed by atoms with Gasteiger partial charge < -0.3 is 14.6 Å². The van der Waals surface area contributed by atoms with Gasteiger partial charge in [0, 0.05) is 18.6 Å². The first-order chi connectivity index (χ1) is 9.06. The molecule has 0 aromatic rings. The van der Waals surface area contributed by atoms with E-state index in [0.29, 0.717) is 18.9 Å². The molecule has 0 rings (SSSR count). The highest BCUT2D eigenvalue weighted by Gasteiger charge is 2.03. The van der Waals surface area contributed by atoms with Crippen molar-refractivity contribution < 1.29 is 29.0 Å². The third-order valence-corrected chi connectivity index (χ3v) is 1.94. The minimum atomic E-state index is -1.23. The summed E-state index contributed by atoms with van der Waals surface area (Å²) in [7, 11) is 0. The molecule has 0 unspecified atom stereocenters. The molecule has 0 aromatic carbocycles. The Morgan fingerprint density at radius 2 is 1.79 bits per heavy atom. The van der Waals surface area contributed by atoms with E-state index in [0.717, 1.165) is 12.5 Å². The molecule has 0 fully saturated rings. The number of hydrogen-bond donors (Lipinski definition) is 1. The molecule has 0 amide bonds. The Kier molecular flexibility index (Phi) is 9.79. The van der Waals surface area contributed by atoms with E-state index in [1.54, 1.807) is 0 Å². The molecule has 6 nitrogen and oxygen atoms in total. The number of carbonyl (C=O) groups is 3. The Labute approximate surface area is 111 Å². The normalized spacial score (nSPS) is 10.8. The summed E-state index contributed by atoms with van der Waals surface area (Å²) in [6, 6.07) is 0. The summed E-state index contributed by atoms with van der Waals surface area (Å²) in [5.41, 5.74) is 0. The first-order valence-corrected chi connectivity index (χ1v) is 5.90. The molecule has 0 atom stereocenters. The summed E-state index contributed by atoms with van der Waals surface area (Å²) in [6.07, 6.45) is 7.19. The predicted octanol–water partition coefficient (Wildman–Crippen LogP) is 1.46. The number of hydrogen-bond acceptors (Lipinski definition) is 5. The van der Waals surface area contributed by atoms with Crippen molar-refractivity contribution in [1.29, 1.82) is 0 Å². The zero-order valence-corrected chi connectivity index (χ0v) is 10.8. The molecule has 0 bridgehead atoms. The highest BCUT2D eigenvalue weighted by molar-refractivity contribution is 5.90. The van der Waals surface area contributed by atoms with Crippen molar-refractivity contribution >= 4 is 17.9 Å². The molecule has 0 aliphatic heterocycles. The summed E-state index contributed by atoms with van der Waals surface area (Å²) in [5, 5.41) is 8.26. The molecule has 106 valence electrons. The van der Waals surface area contributed by atoms with Crippen LogP contribution >= 0.6 is 0 Å². The minimum absolute atomic E-state index is 0.0326. The van der Waals surface area contributed by atoms with Crippen LogP contribution in [0.2, 0.25) is 0 Å². The van der Waals surface area contributed by atoms with Crippen LogP contribution in [-0.2, 0) is 23.9 Å². The second kappa shape index (κ2) is 11.0. The third kappa shape index (κ3) is 12.1. The lowest BCUT2D eigenvalue weighted by atomic mass is 10.2. The third-order valence-electron chi connectivity index (χ3n) is 1.94. The van der Waals surface area contributed by atoms with Gasteiger partial charge in [-0.25, -0.2) is 9.59 Å². The lowest BCUT2D eigenvalue weighted by Gasteiger charge is -2.04. The van der Waals surface area contributed by atoms with Crippen LogP contribution in [0.3, 0.4) is 0 Å². The van der Waals surface area contributed by atoms with E-state index < -0.39 is 11.9 Å². The van der Waals surface area contributed by atoms with Crippen LogP contribution in [0.5, 0.6) is 0 Å². The van der Waals surface area contributed by atoms with Crippen molar-refractivity contribution in [3.63, 3.8) is 0 Å². The van der Waals surface area contributed by atoms with E-state index in [2.05, 4.69) is 4.74 Å². The van der Waals surface area contributed by atoms with Crippen molar-refractivity contribution in [2.45, 2.75) is 26.2 Å². The number of aliphatic carboxylic acids is 1. The zero-order valence-electron chi connectivity index (χ0n) is 10.8. The van der Waals surface area contributed by atoms with E-state index in [4.69, 9.17) is 9.84 Å². The lowest BCUT2D eigenvalue weighted by molar-refractivity contribution is -0.149. The van der Waals surface area contributed by atoms with Crippen molar-refractivity contribution in [2.75, 3.05) is 13.2 Å². The van der Waals surface area contributed by atoms with Gasteiger partial charge in [0.25, 0.3) is 0 Å². The molecule has 0 saturated heterocycles. The maximum Gasteiger partial charge on any atom is 0.331 e. The van der Waals surface area contributed by atoms with Crippen molar-refractivity contribution in [3.05, 3.63) is 24.3 Å². The minimum Gasteiger partial charge on any atom is -0.478 e. The maximum absolute atomic E-state index is 11.2. The van der Waals surface area contributed by atoms with Gasteiger partial charge in [0.05, 0.1) is 0 Å². The van der Waals surface area contributed by atoms with E-state index in [1.807, 2.05) is 19.1 Å². The second-order valence-corrected chi connectivity index (χ2v) is 3.52. The summed E-state index contributed by atoms with van der Waals surface area (Å²) in [5.74, 6) is -2.36. The van der Waals surface area contributed by atoms with Gasteiger partial charge in [0.1, 0.15) is 13.2 Å². The topological polar surface area (TPSA) is 89.9 Å². The summed E-state index contributed by atoms with van der Waals surface area (Å²) >= 11 is 0. The molecule has 0 spiro atoms. The van der Waals surface area contributed by atoms with Gasteiger partial charge in [0.2, 0.25) is 0 Å². The van der Waals surface area contributed by atoms with Crippen LogP contribution in [0.4, 0.5) is 0 Å². The van der Waals surface area contributed by atoms with Crippen LogP contribution in [0.1, 0.15) is 26.2 Å². The molecule has 0 heterocycles. The van der Waals surface area contributed by atoms with Gasteiger partial charge in [-0.1, -0.05) is 12.2 Å². The quantitative estimate of drug-likeness (QED) is 0.295. The first-order valence-electron chi connectivity index (χ1n) is 5.90. The zero-order chi connectivity index (χ0) is 14.5. The summed E-state index contributed by atoms with van der Waals surface area (Å²) in [6.45, 7) is 1.78. The van der Waals surface area contributed by atoms with Crippen molar-refractivity contribution in [2.24, 2.45) is 0 Å². The largest absolute Gasteiger partial charge is 0.478 e. The first kappa shape index (κ1) is 16.9. The second-order valence-electron chi connectivity index (χ2n) is 3.52. The Balaban J connectivity index is 3.55. The molecule has 0 radical (unpaired) electrons. The van der Waals surface area contributed by atoms with Gasteiger partial charge in [-0.15, -0.1) is 0 Å². The SMILES string of the molecule is CC=CCCCC(=O)OCCOC(=O)C=CC(=O)O. The van der Waals surface area contributed by atoms with Crippen LogP contribution in [0.25, 0.3) is 0 Å². The summed E-state index contributed by atoms with van der Waals surface area (Å²) < 4.78 is 9.43. The standard InChI is InChI=1S/C13H18O6/c1-2-3-4-5-6-12(16)18-9-10-19-13(17)8-7-11(14)15/h2-3,7-8H,4-6,9-10H2,1H3,(H,14,15). The van der Waals surface area contributed by atoms with Crippen LogP contribution < -0.4 is 0 Å². The van der Waals surface area contributed by atoms with E-state index >= 15 is 0 Å². The number of unbranched alkanes of at least 4 members (excludes halogenated alkanes) is 1.